The summed E-state index contributed by atoms with van der Waals surface area (Å²) in [7, 11) is 2.18. The first kappa shape index (κ1) is 18.8. The van der Waals surface area contributed by atoms with Crippen molar-refractivity contribution in [3.8, 4) is 0 Å². The van der Waals surface area contributed by atoms with E-state index in [4.69, 9.17) is 9.47 Å². The van der Waals surface area contributed by atoms with E-state index in [1.54, 1.807) is 0 Å². The van der Waals surface area contributed by atoms with Gasteiger partial charge >= 0.3 is 0 Å². The molecule has 0 aromatic carbocycles. The van der Waals surface area contributed by atoms with Crippen molar-refractivity contribution in [3.05, 3.63) is 0 Å². The Balaban J connectivity index is 0.00000324. The van der Waals surface area contributed by atoms with Gasteiger partial charge in [-0.15, -0.1) is 0 Å². The zero-order valence-corrected chi connectivity index (χ0v) is 12.7. The van der Waals surface area contributed by atoms with Crippen molar-refractivity contribution >= 4 is 0 Å². The lowest BCUT2D eigenvalue weighted by molar-refractivity contribution is -0.0729. The summed E-state index contributed by atoms with van der Waals surface area (Å²) >= 11 is 0. The van der Waals surface area contributed by atoms with Crippen molar-refractivity contribution in [2.75, 3.05) is 46.4 Å². The van der Waals surface area contributed by atoms with Gasteiger partial charge in [0.1, 0.15) is 0 Å². The smallest absolute Gasteiger partial charge is 0.0938 e. The fraction of sp³-hybridized carbons (Fsp3) is 1.00. The Morgan fingerprint density at radius 2 is 1.53 bits per heavy atom. The number of likely N-dealkylation sites (N-methyl/N-ethyl adjacent to an activating group) is 1. The number of rotatable bonds is 7. The second-order valence-electron chi connectivity index (χ2n) is 5.79. The molecular formula is C15H34N2O2. The topological polar surface area (TPSA) is 24.9 Å². The summed E-state index contributed by atoms with van der Waals surface area (Å²) in [6, 6.07) is 0. The van der Waals surface area contributed by atoms with Crippen molar-refractivity contribution in [2.24, 2.45) is 0 Å². The molecule has 1 fully saturated rings. The molecule has 1 atom stereocenters. The van der Waals surface area contributed by atoms with Crippen molar-refractivity contribution in [3.63, 3.8) is 0 Å². The molecule has 1 rings (SSSR count). The minimum atomic E-state index is 0. The highest BCUT2D eigenvalue weighted by Gasteiger charge is 2.20. The summed E-state index contributed by atoms with van der Waals surface area (Å²) in [5.41, 5.74) is 0. The van der Waals surface area contributed by atoms with Crippen LogP contribution in [0.25, 0.3) is 0 Å². The molecule has 116 valence electrons. The summed E-state index contributed by atoms with van der Waals surface area (Å²) in [6.45, 7) is 14.6. The molecule has 0 spiro atoms. The summed E-state index contributed by atoms with van der Waals surface area (Å²) in [6.07, 6.45) is 0.727. The van der Waals surface area contributed by atoms with Gasteiger partial charge in [-0.2, -0.15) is 0 Å². The van der Waals surface area contributed by atoms with Gasteiger partial charge in [0, 0.05) is 32.7 Å². The molecule has 1 heterocycles. The lowest BCUT2D eigenvalue weighted by atomic mass is 10.2. The Labute approximate surface area is 120 Å². The predicted octanol–water partition coefficient (Wildman–Crippen LogP) is 2.09. The van der Waals surface area contributed by atoms with Crippen LogP contribution < -0.4 is 0 Å². The second-order valence-corrected chi connectivity index (χ2v) is 5.79. The molecule has 1 aliphatic heterocycles. The van der Waals surface area contributed by atoms with E-state index in [0.29, 0.717) is 6.61 Å². The van der Waals surface area contributed by atoms with Gasteiger partial charge in [-0.05, 0) is 34.7 Å². The average Bonchev–Trinajstić information content (AvgIpc) is 2.28. The van der Waals surface area contributed by atoms with Crippen molar-refractivity contribution in [1.29, 1.82) is 0 Å². The van der Waals surface area contributed by atoms with Crippen LogP contribution in [-0.4, -0.2) is 74.5 Å². The highest BCUT2D eigenvalue weighted by Crippen LogP contribution is 2.06. The van der Waals surface area contributed by atoms with Crippen LogP contribution in [-0.2, 0) is 9.47 Å². The molecule has 0 aromatic rings. The Kier molecular flexibility index (Phi) is 9.62. The lowest BCUT2D eigenvalue weighted by Gasteiger charge is -2.35. The molecule has 0 radical (unpaired) electrons. The quantitative estimate of drug-likeness (QED) is 0.710. The average molecular weight is 274 g/mol. The summed E-state index contributed by atoms with van der Waals surface area (Å²) in [5.74, 6) is 0. The van der Waals surface area contributed by atoms with Crippen LogP contribution in [0.1, 0.15) is 35.1 Å². The van der Waals surface area contributed by atoms with E-state index in [1.165, 1.54) is 0 Å². The van der Waals surface area contributed by atoms with Gasteiger partial charge in [0.2, 0.25) is 0 Å². The number of piperazine rings is 1. The molecule has 19 heavy (non-hydrogen) atoms. The van der Waals surface area contributed by atoms with Crippen LogP contribution in [0.5, 0.6) is 0 Å². The Morgan fingerprint density at radius 1 is 0.947 bits per heavy atom. The SMILES string of the molecule is C.CC(C)OCC(CN1CCN(C)CC1)OC(C)C. The van der Waals surface area contributed by atoms with Crippen LogP contribution in [0, 0.1) is 0 Å². The maximum absolute atomic E-state index is 5.95. The molecule has 0 aromatic heterocycles. The highest BCUT2D eigenvalue weighted by molar-refractivity contribution is 4.73. The Hall–Kier alpha value is -0.160. The Bertz CT molecular complexity index is 214. The molecular weight excluding hydrogens is 240 g/mol. The van der Waals surface area contributed by atoms with Crippen LogP contribution in [0.15, 0.2) is 0 Å². The number of hydrogen-bond donors (Lipinski definition) is 0. The zero-order valence-electron chi connectivity index (χ0n) is 12.7. The molecule has 0 N–H and O–H groups in total. The standard InChI is InChI=1S/C14H30N2O2.CH4/c1-12(2)17-11-14(18-13(3)4)10-16-8-6-15(5)7-9-16;/h12-14H,6-11H2,1-5H3;1H4. The monoisotopic (exact) mass is 274 g/mol. The third kappa shape index (κ3) is 8.58. The summed E-state index contributed by atoms with van der Waals surface area (Å²) in [4.78, 5) is 4.86. The summed E-state index contributed by atoms with van der Waals surface area (Å²) in [5, 5.41) is 0. The van der Waals surface area contributed by atoms with Crippen molar-refractivity contribution < 1.29 is 9.47 Å². The lowest BCUT2D eigenvalue weighted by Crippen LogP contribution is -2.48. The molecule has 1 saturated heterocycles. The molecule has 0 saturated carbocycles. The van der Waals surface area contributed by atoms with E-state index in [1.807, 2.05) is 0 Å². The maximum atomic E-state index is 5.95. The van der Waals surface area contributed by atoms with Crippen LogP contribution in [0.2, 0.25) is 0 Å². The van der Waals surface area contributed by atoms with E-state index in [0.717, 1.165) is 32.7 Å². The highest BCUT2D eigenvalue weighted by atomic mass is 16.5. The van der Waals surface area contributed by atoms with Gasteiger partial charge in [-0.3, -0.25) is 4.90 Å². The third-order valence-corrected chi connectivity index (χ3v) is 3.14. The zero-order chi connectivity index (χ0) is 13.5. The molecule has 0 aliphatic carbocycles. The van der Waals surface area contributed by atoms with Gasteiger partial charge < -0.3 is 14.4 Å². The number of hydrogen-bond acceptors (Lipinski definition) is 4. The first-order valence-electron chi connectivity index (χ1n) is 7.15. The maximum Gasteiger partial charge on any atom is 0.0938 e. The summed E-state index contributed by atoms with van der Waals surface area (Å²) < 4.78 is 11.7. The van der Waals surface area contributed by atoms with Gasteiger partial charge in [-0.1, -0.05) is 7.43 Å². The van der Waals surface area contributed by atoms with E-state index in [2.05, 4.69) is 44.5 Å². The van der Waals surface area contributed by atoms with E-state index in [9.17, 15) is 0 Å². The molecule has 0 bridgehead atoms. The third-order valence-electron chi connectivity index (χ3n) is 3.14. The van der Waals surface area contributed by atoms with Crippen molar-refractivity contribution in [1.82, 2.24) is 9.80 Å². The minimum Gasteiger partial charge on any atom is -0.376 e. The first-order chi connectivity index (χ1) is 8.47. The first-order valence-corrected chi connectivity index (χ1v) is 7.15. The molecule has 4 heteroatoms. The van der Waals surface area contributed by atoms with Gasteiger partial charge in [0.15, 0.2) is 0 Å². The number of nitrogens with zero attached hydrogens (tertiary/aromatic N) is 2. The largest absolute Gasteiger partial charge is 0.376 e. The van der Waals surface area contributed by atoms with E-state index >= 15 is 0 Å². The predicted molar refractivity (Wildman–Crippen MR) is 81.8 cm³/mol. The van der Waals surface area contributed by atoms with E-state index in [-0.39, 0.29) is 25.7 Å². The van der Waals surface area contributed by atoms with Crippen LogP contribution in [0.3, 0.4) is 0 Å². The number of ether oxygens (including phenoxy) is 2. The second kappa shape index (κ2) is 9.70. The fourth-order valence-corrected chi connectivity index (χ4v) is 2.14. The normalized spacial score (nSPS) is 19.7. The van der Waals surface area contributed by atoms with Crippen molar-refractivity contribution in [2.45, 2.75) is 53.4 Å². The van der Waals surface area contributed by atoms with Gasteiger partial charge in [-0.25, -0.2) is 0 Å². The van der Waals surface area contributed by atoms with Crippen LogP contribution >= 0.6 is 0 Å². The molecule has 4 nitrogen and oxygen atoms in total. The van der Waals surface area contributed by atoms with Gasteiger partial charge in [0.05, 0.1) is 24.9 Å². The molecule has 0 amide bonds. The van der Waals surface area contributed by atoms with Gasteiger partial charge in [0.25, 0.3) is 0 Å². The molecule has 1 unspecified atom stereocenters. The fourth-order valence-electron chi connectivity index (χ4n) is 2.14. The van der Waals surface area contributed by atoms with E-state index < -0.39 is 0 Å². The van der Waals surface area contributed by atoms with Crippen LogP contribution in [0.4, 0.5) is 0 Å². The molecule has 1 aliphatic rings. The minimum absolute atomic E-state index is 0. The Morgan fingerprint density at radius 3 is 2.00 bits per heavy atom.